The number of rotatable bonds is 4. The van der Waals surface area contributed by atoms with Gasteiger partial charge in [-0.2, -0.15) is 4.40 Å². The number of ether oxygens (including phenoxy) is 1. The molecule has 7 heteroatoms. The van der Waals surface area contributed by atoms with E-state index in [1.165, 1.54) is 0 Å². The largest absolute Gasteiger partial charge is 0.445 e. The molecule has 3 rings (SSSR count). The fourth-order valence-corrected chi connectivity index (χ4v) is 3.78. The Morgan fingerprint density at radius 3 is 2.69 bits per heavy atom. The number of carbonyl (C=O) groups is 1. The normalized spacial score (nSPS) is 15.2. The molecule has 0 spiro atoms. The monoisotopic (exact) mass is 432 g/mol. The average molecular weight is 433 g/mol. The molecule has 0 aliphatic carbocycles. The highest BCUT2D eigenvalue weighted by atomic mass is 35.5. The lowest BCUT2D eigenvalue weighted by Gasteiger charge is -2.29. The molecule has 0 radical (unpaired) electrons. The Kier molecular flexibility index (Phi) is 6.75. The maximum absolute atomic E-state index is 12.6. The maximum Gasteiger partial charge on any atom is 0.410 e. The molecule has 1 unspecified atom stereocenters. The number of halogens is 1. The topological polar surface area (TPSA) is 59.0 Å². The lowest BCUT2D eigenvalue weighted by molar-refractivity contribution is 0.0918. The van der Waals surface area contributed by atoms with Crippen LogP contribution in [0.2, 0.25) is 5.02 Å². The van der Waals surface area contributed by atoms with Crippen molar-refractivity contribution in [1.29, 1.82) is 0 Å². The van der Waals surface area contributed by atoms with E-state index in [4.69, 9.17) is 16.3 Å². The highest BCUT2D eigenvalue weighted by Crippen LogP contribution is 2.27. The summed E-state index contributed by atoms with van der Waals surface area (Å²) >= 11 is 6.26. The van der Waals surface area contributed by atoms with Gasteiger partial charge in [0.2, 0.25) is 0 Å². The van der Waals surface area contributed by atoms with Crippen LogP contribution in [-0.4, -0.2) is 32.7 Å². The predicted octanol–water partition coefficient (Wildman–Crippen LogP) is 4.92. The molecule has 2 aromatic carbocycles. The van der Waals surface area contributed by atoms with Crippen LogP contribution in [0.1, 0.15) is 43.0 Å². The van der Waals surface area contributed by atoms with Gasteiger partial charge >= 0.3 is 6.09 Å². The molecule has 0 saturated carbocycles. The second kappa shape index (κ2) is 9.09. The van der Waals surface area contributed by atoms with Crippen molar-refractivity contribution in [3.8, 4) is 0 Å². The molecule has 0 bridgehead atoms. The SMILES string of the molecule is CC(C)(C)S(=O)N=Cc1cc(Cl)cc2c1CN(C(=O)OCc1ccccc1)CC2. The van der Waals surface area contributed by atoms with Crippen molar-refractivity contribution in [2.45, 2.75) is 45.1 Å². The van der Waals surface area contributed by atoms with Crippen LogP contribution in [-0.2, 0) is 35.3 Å². The van der Waals surface area contributed by atoms with Gasteiger partial charge in [-0.25, -0.2) is 9.00 Å². The Bertz CT molecular complexity index is 939. The highest BCUT2D eigenvalue weighted by Gasteiger charge is 2.24. The molecule has 0 saturated heterocycles. The molecule has 1 atom stereocenters. The third kappa shape index (κ3) is 5.67. The Balaban J connectivity index is 1.75. The fourth-order valence-electron chi connectivity index (χ4n) is 3.00. The summed E-state index contributed by atoms with van der Waals surface area (Å²) in [5.41, 5.74) is 3.77. The van der Waals surface area contributed by atoms with Gasteiger partial charge in [0.15, 0.2) is 0 Å². The molecule has 2 aromatic rings. The summed E-state index contributed by atoms with van der Waals surface area (Å²) in [5, 5.41) is 0.604. The minimum atomic E-state index is -1.37. The van der Waals surface area contributed by atoms with E-state index in [-0.39, 0.29) is 12.7 Å². The molecule has 1 amide bonds. The van der Waals surface area contributed by atoms with Crippen molar-refractivity contribution in [3.05, 3.63) is 69.7 Å². The highest BCUT2D eigenvalue weighted by molar-refractivity contribution is 7.85. The molecule has 5 nitrogen and oxygen atoms in total. The van der Waals surface area contributed by atoms with Crippen LogP contribution in [0.25, 0.3) is 0 Å². The summed E-state index contributed by atoms with van der Waals surface area (Å²) in [6, 6.07) is 13.3. The van der Waals surface area contributed by atoms with Crippen LogP contribution < -0.4 is 0 Å². The molecule has 154 valence electrons. The quantitative estimate of drug-likeness (QED) is 0.644. The summed E-state index contributed by atoms with van der Waals surface area (Å²) in [7, 11) is -1.37. The zero-order valence-electron chi connectivity index (χ0n) is 16.9. The van der Waals surface area contributed by atoms with Crippen LogP contribution >= 0.6 is 11.6 Å². The second-order valence-electron chi connectivity index (χ2n) is 7.94. The van der Waals surface area contributed by atoms with Gasteiger partial charge < -0.3 is 9.64 Å². The first-order chi connectivity index (χ1) is 13.7. The lowest BCUT2D eigenvalue weighted by Crippen LogP contribution is -2.36. The third-order valence-corrected chi connectivity index (χ3v) is 6.18. The van der Waals surface area contributed by atoms with Gasteiger partial charge in [0, 0.05) is 29.9 Å². The van der Waals surface area contributed by atoms with E-state index in [1.54, 1.807) is 17.2 Å². The first-order valence-electron chi connectivity index (χ1n) is 9.47. The molecule has 0 fully saturated rings. The third-order valence-electron chi connectivity index (χ3n) is 4.62. The Morgan fingerprint density at radius 1 is 1.28 bits per heavy atom. The van der Waals surface area contributed by atoms with Gasteiger partial charge in [-0.05, 0) is 56.0 Å². The summed E-state index contributed by atoms with van der Waals surface area (Å²) in [6.07, 6.45) is 1.93. The lowest BCUT2D eigenvalue weighted by atomic mass is 9.95. The van der Waals surface area contributed by atoms with Crippen molar-refractivity contribution < 1.29 is 13.7 Å². The predicted molar refractivity (Wildman–Crippen MR) is 118 cm³/mol. The molecule has 0 aromatic heterocycles. The van der Waals surface area contributed by atoms with Crippen molar-refractivity contribution >= 4 is 34.9 Å². The van der Waals surface area contributed by atoms with Gasteiger partial charge in [0.05, 0.1) is 4.75 Å². The first kappa shape index (κ1) is 21.5. The van der Waals surface area contributed by atoms with Crippen molar-refractivity contribution in [2.24, 2.45) is 4.40 Å². The minimum absolute atomic E-state index is 0.239. The van der Waals surface area contributed by atoms with Gasteiger partial charge in [-0.1, -0.05) is 41.9 Å². The van der Waals surface area contributed by atoms with E-state index in [2.05, 4.69) is 4.40 Å². The number of benzene rings is 2. The number of carbonyl (C=O) groups excluding carboxylic acids is 1. The van der Waals surface area contributed by atoms with Crippen LogP contribution in [0.15, 0.2) is 46.9 Å². The second-order valence-corrected chi connectivity index (χ2v) is 10.3. The van der Waals surface area contributed by atoms with Gasteiger partial charge in [-0.3, -0.25) is 0 Å². The van der Waals surface area contributed by atoms with Gasteiger partial charge in [0.1, 0.15) is 17.6 Å². The van der Waals surface area contributed by atoms with Crippen molar-refractivity contribution in [1.82, 2.24) is 4.90 Å². The van der Waals surface area contributed by atoms with Gasteiger partial charge in [-0.15, -0.1) is 0 Å². The van der Waals surface area contributed by atoms with E-state index in [9.17, 15) is 9.00 Å². The maximum atomic E-state index is 12.6. The van der Waals surface area contributed by atoms with Gasteiger partial charge in [0.25, 0.3) is 0 Å². The Morgan fingerprint density at radius 2 is 2.00 bits per heavy atom. The number of nitrogens with zero attached hydrogens (tertiary/aromatic N) is 2. The van der Waals surface area contributed by atoms with Crippen LogP contribution in [0.5, 0.6) is 0 Å². The van der Waals surface area contributed by atoms with E-state index < -0.39 is 15.7 Å². The summed E-state index contributed by atoms with van der Waals surface area (Å²) in [5.74, 6) is 0. The minimum Gasteiger partial charge on any atom is -0.445 e. The van der Waals surface area contributed by atoms with E-state index in [0.29, 0.717) is 24.5 Å². The zero-order chi connectivity index (χ0) is 21.0. The Labute approximate surface area is 179 Å². The molecule has 1 heterocycles. The number of hydrogen-bond donors (Lipinski definition) is 0. The standard InChI is InChI=1S/C22H25ClN2O3S/c1-22(2,3)29(27)24-13-18-12-19(23)11-17-9-10-25(14-20(17)18)21(26)28-15-16-7-5-4-6-8-16/h4-8,11-13H,9-10,14-15H2,1-3H3. The average Bonchev–Trinajstić information content (AvgIpc) is 2.69. The van der Waals surface area contributed by atoms with Crippen molar-refractivity contribution in [2.75, 3.05) is 6.54 Å². The van der Waals surface area contributed by atoms with E-state index in [1.807, 2.05) is 57.2 Å². The van der Waals surface area contributed by atoms with E-state index in [0.717, 1.165) is 22.3 Å². The molecular weight excluding hydrogens is 408 g/mol. The van der Waals surface area contributed by atoms with Crippen LogP contribution in [0, 0.1) is 0 Å². The Hall–Kier alpha value is -2.18. The van der Waals surface area contributed by atoms with Crippen LogP contribution in [0.3, 0.4) is 0 Å². The summed E-state index contributed by atoms with van der Waals surface area (Å²) in [4.78, 5) is 14.2. The summed E-state index contributed by atoms with van der Waals surface area (Å²) < 4.78 is 21.5. The smallest absolute Gasteiger partial charge is 0.410 e. The molecule has 1 aliphatic heterocycles. The van der Waals surface area contributed by atoms with E-state index >= 15 is 0 Å². The fraction of sp³-hybridized carbons (Fsp3) is 0.364. The van der Waals surface area contributed by atoms with Crippen molar-refractivity contribution in [3.63, 3.8) is 0 Å². The molecule has 1 aliphatic rings. The molecular formula is C22H25ClN2O3S. The zero-order valence-corrected chi connectivity index (χ0v) is 18.4. The number of hydrogen-bond acceptors (Lipinski definition) is 3. The molecule has 29 heavy (non-hydrogen) atoms. The number of fused-ring (bicyclic) bond motifs is 1. The molecule has 0 N–H and O–H groups in total. The first-order valence-corrected chi connectivity index (χ1v) is 11.0. The number of amides is 1. The summed E-state index contributed by atoms with van der Waals surface area (Å²) in [6.45, 7) is 6.83. The van der Waals surface area contributed by atoms with Crippen LogP contribution in [0.4, 0.5) is 4.79 Å².